The van der Waals surface area contributed by atoms with Crippen LogP contribution in [0.5, 0.6) is 23.0 Å². The fourth-order valence-corrected chi connectivity index (χ4v) is 3.35. The highest BCUT2D eigenvalue weighted by Gasteiger charge is 2.45. The lowest BCUT2D eigenvalue weighted by atomic mass is 10.2. The van der Waals surface area contributed by atoms with Crippen LogP contribution in [0.4, 0.5) is 20.5 Å². The van der Waals surface area contributed by atoms with E-state index in [0.29, 0.717) is 11.5 Å². The zero-order valence-electron chi connectivity index (χ0n) is 18.2. The first-order valence-corrected chi connectivity index (χ1v) is 10.00. The molecule has 0 aliphatic carbocycles. The Labute approximate surface area is 192 Å². The largest absolute Gasteiger partial charge is 0.586 e. The molecular formula is C21H21F2N5O6. The van der Waals surface area contributed by atoms with Crippen molar-refractivity contribution in [3.63, 3.8) is 0 Å². The van der Waals surface area contributed by atoms with Crippen molar-refractivity contribution in [3.8, 4) is 23.0 Å². The molecule has 1 aliphatic rings. The van der Waals surface area contributed by atoms with Crippen molar-refractivity contribution in [2.75, 3.05) is 31.2 Å². The molecule has 0 bridgehead atoms. The molecule has 0 saturated carbocycles. The van der Waals surface area contributed by atoms with Crippen molar-refractivity contribution in [2.45, 2.75) is 19.3 Å². The van der Waals surface area contributed by atoms with Crippen molar-refractivity contribution >= 4 is 28.6 Å². The third-order valence-electron chi connectivity index (χ3n) is 4.97. The minimum Gasteiger partial charge on any atom is -0.497 e. The Morgan fingerprint density at radius 3 is 2.71 bits per heavy atom. The van der Waals surface area contributed by atoms with Gasteiger partial charge in [-0.2, -0.15) is 4.98 Å². The Kier molecular flexibility index (Phi) is 6.22. The summed E-state index contributed by atoms with van der Waals surface area (Å²) >= 11 is 0. The molecule has 3 aromatic rings. The van der Waals surface area contributed by atoms with Crippen LogP contribution < -0.4 is 35.1 Å². The molecule has 2 aromatic carbocycles. The number of fused-ring (bicyclic) bond motifs is 3. The van der Waals surface area contributed by atoms with Crippen LogP contribution in [-0.4, -0.2) is 48.1 Å². The molecule has 4 rings (SSSR count). The van der Waals surface area contributed by atoms with Crippen LogP contribution in [0.3, 0.4) is 0 Å². The number of aliphatic hydroxyl groups excluding tert-OH is 1. The van der Waals surface area contributed by atoms with Crippen molar-refractivity contribution in [3.05, 3.63) is 35.9 Å². The zero-order valence-corrected chi connectivity index (χ0v) is 18.2. The smallest absolute Gasteiger partial charge is 0.497 e. The Hall–Kier alpha value is -3.97. The molecule has 11 nitrogen and oxygen atoms in total. The molecule has 4 N–H and O–H groups in total. The van der Waals surface area contributed by atoms with Crippen LogP contribution in [0.2, 0.25) is 0 Å². The van der Waals surface area contributed by atoms with Gasteiger partial charge in [-0.3, -0.25) is 4.79 Å². The van der Waals surface area contributed by atoms with E-state index in [1.165, 1.54) is 26.4 Å². The first-order valence-electron chi connectivity index (χ1n) is 10.00. The van der Waals surface area contributed by atoms with Gasteiger partial charge < -0.3 is 29.4 Å². The summed E-state index contributed by atoms with van der Waals surface area (Å²) in [5.41, 5.74) is 0.676. The molecule has 180 valence electrons. The molecule has 0 radical (unpaired) electrons. The number of rotatable bonds is 8. The second kappa shape index (κ2) is 9.11. The molecule has 0 spiro atoms. The van der Waals surface area contributed by atoms with Gasteiger partial charge in [-0.1, -0.05) is 0 Å². The van der Waals surface area contributed by atoms with E-state index in [-0.39, 0.29) is 47.1 Å². The number of aliphatic hydroxyl groups is 1. The van der Waals surface area contributed by atoms with Crippen molar-refractivity contribution in [1.82, 2.24) is 9.97 Å². The van der Waals surface area contributed by atoms with E-state index in [1.54, 1.807) is 18.2 Å². The summed E-state index contributed by atoms with van der Waals surface area (Å²) in [6.45, 7) is -0.258. The van der Waals surface area contributed by atoms with E-state index in [1.807, 2.05) is 0 Å². The van der Waals surface area contributed by atoms with Gasteiger partial charge in [-0.25, -0.2) is 15.8 Å². The molecular weight excluding hydrogens is 456 g/mol. The Morgan fingerprint density at radius 2 is 2.00 bits per heavy atom. The minimum absolute atomic E-state index is 0.0279. The number of hydrazine groups is 1. The number of benzene rings is 2. The summed E-state index contributed by atoms with van der Waals surface area (Å²) in [6, 6.07) is 7.82. The van der Waals surface area contributed by atoms with Crippen LogP contribution in [0, 0.1) is 0 Å². The number of nitrogens with two attached hydrogens (primary N) is 1. The number of carbonyl (C=O) groups is 1. The van der Waals surface area contributed by atoms with E-state index in [4.69, 9.17) is 20.4 Å². The molecule has 0 atom stereocenters. The molecule has 2 heterocycles. The number of hydrogen-bond donors (Lipinski definition) is 3. The Bertz CT molecular complexity index is 1240. The number of nitrogens with one attached hydrogen (secondary N) is 1. The topological polar surface area (TPSA) is 141 Å². The molecule has 0 saturated heterocycles. The van der Waals surface area contributed by atoms with E-state index in [9.17, 15) is 13.6 Å². The summed E-state index contributed by atoms with van der Waals surface area (Å²) < 4.78 is 47.1. The van der Waals surface area contributed by atoms with Gasteiger partial charge in [0.05, 0.1) is 27.2 Å². The highest BCUT2D eigenvalue weighted by molar-refractivity contribution is 6.03. The van der Waals surface area contributed by atoms with Gasteiger partial charge in [0.15, 0.2) is 17.3 Å². The van der Waals surface area contributed by atoms with Crippen LogP contribution in [0.15, 0.2) is 30.3 Å². The predicted molar refractivity (Wildman–Crippen MR) is 116 cm³/mol. The second-order valence-corrected chi connectivity index (χ2v) is 7.10. The van der Waals surface area contributed by atoms with Gasteiger partial charge in [0.2, 0.25) is 11.9 Å². The first-order chi connectivity index (χ1) is 16.3. The number of methoxy groups -OCH3 is 2. The van der Waals surface area contributed by atoms with Crippen molar-refractivity contribution < 1.29 is 37.6 Å². The number of amides is 1. The van der Waals surface area contributed by atoms with E-state index < -0.39 is 18.8 Å². The summed E-state index contributed by atoms with van der Waals surface area (Å²) in [5, 5.41) is 13.0. The molecule has 0 fully saturated rings. The highest BCUT2D eigenvalue weighted by atomic mass is 19.3. The Morgan fingerprint density at radius 1 is 1.21 bits per heavy atom. The predicted octanol–water partition coefficient (Wildman–Crippen LogP) is 2.17. The summed E-state index contributed by atoms with van der Waals surface area (Å²) in [5.74, 6) is 5.78. The van der Waals surface area contributed by atoms with Crippen molar-refractivity contribution in [2.24, 2.45) is 5.84 Å². The number of nitrogens with zero attached hydrogens (tertiary/aromatic N) is 3. The number of aromatic nitrogens is 2. The van der Waals surface area contributed by atoms with Crippen LogP contribution >= 0.6 is 0 Å². The van der Waals surface area contributed by atoms with Gasteiger partial charge in [-0.05, 0) is 24.3 Å². The minimum atomic E-state index is -3.87. The third-order valence-corrected chi connectivity index (χ3v) is 4.97. The van der Waals surface area contributed by atoms with Crippen LogP contribution in [0.1, 0.15) is 12.0 Å². The molecule has 13 heteroatoms. The lowest BCUT2D eigenvalue weighted by Crippen LogP contribution is -2.38. The van der Waals surface area contributed by atoms with Crippen LogP contribution in [-0.2, 0) is 11.3 Å². The lowest BCUT2D eigenvalue weighted by Gasteiger charge is -2.19. The van der Waals surface area contributed by atoms with Gasteiger partial charge in [-0.15, -0.1) is 8.78 Å². The fraction of sp³-hybridized carbons (Fsp3) is 0.286. The first kappa shape index (κ1) is 23.2. The van der Waals surface area contributed by atoms with Gasteiger partial charge >= 0.3 is 6.29 Å². The van der Waals surface area contributed by atoms with E-state index in [2.05, 4.69) is 24.8 Å². The van der Waals surface area contributed by atoms with Gasteiger partial charge in [0.25, 0.3) is 0 Å². The molecule has 1 aliphatic heterocycles. The second-order valence-electron chi connectivity index (χ2n) is 7.10. The lowest BCUT2D eigenvalue weighted by molar-refractivity contribution is -0.286. The molecule has 34 heavy (non-hydrogen) atoms. The Balaban J connectivity index is 1.76. The van der Waals surface area contributed by atoms with Crippen molar-refractivity contribution in [1.29, 1.82) is 0 Å². The molecule has 0 unspecified atom stereocenters. The third kappa shape index (κ3) is 4.43. The monoisotopic (exact) mass is 477 g/mol. The van der Waals surface area contributed by atoms with Gasteiger partial charge in [0, 0.05) is 23.6 Å². The maximum absolute atomic E-state index is 13.7. The van der Waals surface area contributed by atoms with Crippen LogP contribution in [0.25, 0.3) is 10.9 Å². The number of hydrogen-bond acceptors (Lipinski definition) is 10. The summed E-state index contributed by atoms with van der Waals surface area (Å²) in [4.78, 5) is 20.9. The number of halogens is 2. The van der Waals surface area contributed by atoms with E-state index in [0.717, 1.165) is 10.6 Å². The quantitative estimate of drug-likeness (QED) is 0.251. The maximum Gasteiger partial charge on any atom is 0.586 e. The van der Waals surface area contributed by atoms with Gasteiger partial charge in [0.1, 0.15) is 17.0 Å². The number of alkyl halides is 2. The maximum atomic E-state index is 13.7. The number of carbonyl (C=O) groups excluding carboxylic acids is 1. The average molecular weight is 477 g/mol. The molecule has 1 aromatic heterocycles. The molecule has 1 amide bonds. The normalized spacial score (nSPS) is 13.6. The fourth-order valence-electron chi connectivity index (χ4n) is 3.35. The average Bonchev–Trinajstić information content (AvgIpc) is 3.16. The number of ether oxygens (including phenoxy) is 4. The standard InChI is InChI=1S/C21H21F2N5O6/c1-31-12-4-3-11(15(9-12)32-2)10-25-20-26-17-13(19(27-20)28(24)16(30)7-8-29)5-6-14-18(17)34-21(22,23)33-14/h3-6,9,29H,7-8,10,24H2,1-2H3,(H,25,26,27). The zero-order chi connectivity index (χ0) is 24.5. The summed E-state index contributed by atoms with van der Waals surface area (Å²) in [7, 11) is 3.03. The number of anilines is 2. The highest BCUT2D eigenvalue weighted by Crippen LogP contribution is 2.46. The van der Waals surface area contributed by atoms with E-state index >= 15 is 0 Å². The summed E-state index contributed by atoms with van der Waals surface area (Å²) in [6.07, 6.45) is -4.14. The SMILES string of the molecule is COc1ccc(CNc2nc(N(N)C(=O)CCO)c3ccc4c(c3n2)OC(F)(F)O4)c(OC)c1.